The van der Waals surface area contributed by atoms with Gasteiger partial charge in [-0.3, -0.25) is 14.5 Å². The Kier molecular flexibility index (Phi) is 7.09. The molecule has 1 aliphatic rings. The first-order valence-corrected chi connectivity index (χ1v) is 12.2. The third-order valence-corrected chi connectivity index (χ3v) is 7.20. The zero-order valence-electron chi connectivity index (χ0n) is 17.5. The molecule has 4 rings (SSSR count). The Hall–Kier alpha value is -2.47. The molecule has 0 bridgehead atoms. The van der Waals surface area contributed by atoms with Crippen LogP contribution in [0.2, 0.25) is 10.0 Å². The van der Waals surface area contributed by atoms with Gasteiger partial charge in [0.2, 0.25) is 5.91 Å². The largest absolute Gasteiger partial charge is 0.322 e. The molecular formula is C25H22Cl2N2O2S. The molecule has 0 aromatic heterocycles. The average Bonchev–Trinajstić information content (AvgIpc) is 3.17. The summed E-state index contributed by atoms with van der Waals surface area (Å²) in [6.07, 6.45) is 1.92. The lowest BCUT2D eigenvalue weighted by Gasteiger charge is -2.27. The number of halogens is 2. The summed E-state index contributed by atoms with van der Waals surface area (Å²) in [7, 11) is 0. The van der Waals surface area contributed by atoms with E-state index in [1.807, 2.05) is 47.4 Å². The predicted octanol–water partition coefficient (Wildman–Crippen LogP) is 6.98. The first-order chi connectivity index (χ1) is 15.5. The summed E-state index contributed by atoms with van der Waals surface area (Å²) >= 11 is 13.6. The molecule has 0 saturated carbocycles. The van der Waals surface area contributed by atoms with Crippen LogP contribution in [0.5, 0.6) is 0 Å². The van der Waals surface area contributed by atoms with E-state index in [4.69, 9.17) is 23.2 Å². The molecule has 32 heavy (non-hydrogen) atoms. The van der Waals surface area contributed by atoms with Crippen LogP contribution in [0.3, 0.4) is 0 Å². The molecule has 3 aromatic carbocycles. The van der Waals surface area contributed by atoms with E-state index < -0.39 is 0 Å². The molecule has 0 aliphatic carbocycles. The minimum Gasteiger partial charge on any atom is -0.322 e. The van der Waals surface area contributed by atoms with Crippen LogP contribution in [0.15, 0.2) is 66.7 Å². The van der Waals surface area contributed by atoms with Gasteiger partial charge in [-0.25, -0.2) is 0 Å². The van der Waals surface area contributed by atoms with Crippen molar-refractivity contribution in [1.82, 2.24) is 0 Å². The molecule has 3 aromatic rings. The molecule has 1 fully saturated rings. The van der Waals surface area contributed by atoms with Crippen molar-refractivity contribution in [2.45, 2.75) is 25.1 Å². The number of carbonyl (C=O) groups is 2. The number of nitrogens with zero attached hydrogens (tertiary/aromatic N) is 1. The SMILES string of the molecule is CCCc1ccccc1N1C(=O)CS[C@H]1c1cccc(NC(=O)c2ccc(Cl)c(Cl)c2)c1. The fraction of sp³-hybridized carbons (Fsp3) is 0.200. The molecule has 1 N–H and O–H groups in total. The molecule has 0 radical (unpaired) electrons. The Labute approximate surface area is 201 Å². The topological polar surface area (TPSA) is 49.4 Å². The van der Waals surface area contributed by atoms with Crippen molar-refractivity contribution in [2.75, 3.05) is 16.0 Å². The molecule has 1 saturated heterocycles. The van der Waals surface area contributed by atoms with Gasteiger partial charge in [0.15, 0.2) is 0 Å². The molecule has 2 amide bonds. The van der Waals surface area contributed by atoms with Crippen LogP contribution in [0.25, 0.3) is 0 Å². The van der Waals surface area contributed by atoms with E-state index in [9.17, 15) is 9.59 Å². The van der Waals surface area contributed by atoms with Crippen LogP contribution in [-0.4, -0.2) is 17.6 Å². The number of amides is 2. The second kappa shape index (κ2) is 9.99. The number of carbonyl (C=O) groups excluding carboxylic acids is 2. The molecule has 1 aliphatic heterocycles. The van der Waals surface area contributed by atoms with Crippen molar-refractivity contribution >= 4 is 58.2 Å². The Bertz CT molecular complexity index is 1170. The van der Waals surface area contributed by atoms with Crippen LogP contribution in [0, 0.1) is 0 Å². The highest BCUT2D eigenvalue weighted by atomic mass is 35.5. The predicted molar refractivity (Wildman–Crippen MR) is 134 cm³/mol. The molecule has 7 heteroatoms. The minimum absolute atomic E-state index is 0.0915. The van der Waals surface area contributed by atoms with E-state index >= 15 is 0 Å². The van der Waals surface area contributed by atoms with E-state index in [1.54, 1.807) is 30.0 Å². The van der Waals surface area contributed by atoms with E-state index in [0.717, 1.165) is 24.1 Å². The van der Waals surface area contributed by atoms with Crippen LogP contribution in [0.1, 0.15) is 40.2 Å². The van der Waals surface area contributed by atoms with Crippen molar-refractivity contribution in [2.24, 2.45) is 0 Å². The minimum atomic E-state index is -0.277. The first-order valence-electron chi connectivity index (χ1n) is 10.4. The summed E-state index contributed by atoms with van der Waals surface area (Å²) in [6, 6.07) is 20.5. The van der Waals surface area contributed by atoms with Gasteiger partial charge in [0, 0.05) is 16.9 Å². The van der Waals surface area contributed by atoms with Crippen molar-refractivity contribution in [1.29, 1.82) is 0 Å². The highest BCUT2D eigenvalue weighted by molar-refractivity contribution is 8.00. The lowest BCUT2D eigenvalue weighted by atomic mass is 10.1. The van der Waals surface area contributed by atoms with Crippen LogP contribution < -0.4 is 10.2 Å². The maximum absolute atomic E-state index is 12.8. The summed E-state index contributed by atoms with van der Waals surface area (Å²) in [5, 5.41) is 3.49. The molecule has 1 heterocycles. The number of thioether (sulfide) groups is 1. The lowest BCUT2D eigenvalue weighted by Crippen LogP contribution is -2.28. The van der Waals surface area contributed by atoms with Crippen molar-refractivity contribution in [3.63, 3.8) is 0 Å². The fourth-order valence-electron chi connectivity index (χ4n) is 3.77. The Balaban J connectivity index is 1.60. The van der Waals surface area contributed by atoms with Gasteiger partial charge < -0.3 is 5.32 Å². The molecular weight excluding hydrogens is 463 g/mol. The maximum atomic E-state index is 12.8. The van der Waals surface area contributed by atoms with Gasteiger partial charge in [-0.1, -0.05) is 66.9 Å². The number of rotatable bonds is 6. The Morgan fingerprint density at radius 1 is 1.06 bits per heavy atom. The zero-order chi connectivity index (χ0) is 22.7. The Morgan fingerprint density at radius 2 is 1.88 bits per heavy atom. The van der Waals surface area contributed by atoms with E-state index in [1.165, 1.54) is 5.56 Å². The van der Waals surface area contributed by atoms with Gasteiger partial charge in [-0.15, -0.1) is 11.8 Å². The monoisotopic (exact) mass is 484 g/mol. The fourth-order valence-corrected chi connectivity index (χ4v) is 5.23. The summed E-state index contributed by atoms with van der Waals surface area (Å²) in [5.41, 5.74) is 4.16. The third-order valence-electron chi connectivity index (χ3n) is 5.25. The Morgan fingerprint density at radius 3 is 2.66 bits per heavy atom. The number of hydrogen-bond acceptors (Lipinski definition) is 3. The summed E-state index contributed by atoms with van der Waals surface area (Å²) in [4.78, 5) is 27.4. The van der Waals surface area contributed by atoms with Gasteiger partial charge in [0.25, 0.3) is 5.91 Å². The normalized spacial score (nSPS) is 15.8. The van der Waals surface area contributed by atoms with E-state index in [0.29, 0.717) is 27.0 Å². The molecule has 4 nitrogen and oxygen atoms in total. The van der Waals surface area contributed by atoms with Crippen molar-refractivity contribution < 1.29 is 9.59 Å². The second-order valence-corrected chi connectivity index (χ2v) is 9.40. The van der Waals surface area contributed by atoms with Gasteiger partial charge in [-0.2, -0.15) is 0 Å². The molecule has 0 unspecified atom stereocenters. The lowest BCUT2D eigenvalue weighted by molar-refractivity contribution is -0.115. The first kappa shape index (κ1) is 22.7. The summed E-state index contributed by atoms with van der Waals surface area (Å²) in [5.74, 6) is 0.236. The van der Waals surface area contributed by atoms with Crippen LogP contribution in [-0.2, 0) is 11.2 Å². The van der Waals surface area contributed by atoms with E-state index in [-0.39, 0.29) is 17.2 Å². The number of anilines is 2. The number of nitrogens with one attached hydrogen (secondary N) is 1. The van der Waals surface area contributed by atoms with Crippen molar-refractivity contribution in [3.8, 4) is 0 Å². The third kappa shape index (κ3) is 4.80. The highest BCUT2D eigenvalue weighted by Crippen LogP contribution is 2.43. The standard InChI is InChI=1S/C25H22Cl2N2O2S/c1-2-6-16-7-3-4-10-22(16)29-23(30)15-32-25(29)18-8-5-9-19(13-18)28-24(31)17-11-12-20(26)21(27)14-17/h3-5,7-14,25H,2,6,15H2,1H3,(H,28,31)/t25-/m0/s1. The van der Waals surface area contributed by atoms with Gasteiger partial charge in [-0.05, 0) is 53.9 Å². The van der Waals surface area contributed by atoms with Crippen molar-refractivity contribution in [3.05, 3.63) is 93.5 Å². The molecule has 164 valence electrons. The number of para-hydroxylation sites is 1. The maximum Gasteiger partial charge on any atom is 0.255 e. The van der Waals surface area contributed by atoms with Gasteiger partial charge in [0.05, 0.1) is 15.8 Å². The van der Waals surface area contributed by atoms with Crippen LogP contribution >= 0.6 is 35.0 Å². The number of benzene rings is 3. The van der Waals surface area contributed by atoms with Gasteiger partial charge >= 0.3 is 0 Å². The quantitative estimate of drug-likeness (QED) is 0.410. The van der Waals surface area contributed by atoms with Crippen LogP contribution in [0.4, 0.5) is 11.4 Å². The smallest absolute Gasteiger partial charge is 0.255 e. The van der Waals surface area contributed by atoms with E-state index in [2.05, 4.69) is 18.3 Å². The molecule has 0 spiro atoms. The number of aryl methyl sites for hydroxylation is 1. The summed E-state index contributed by atoms with van der Waals surface area (Å²) in [6.45, 7) is 2.13. The summed E-state index contributed by atoms with van der Waals surface area (Å²) < 4.78 is 0. The highest BCUT2D eigenvalue weighted by Gasteiger charge is 2.35. The zero-order valence-corrected chi connectivity index (χ0v) is 19.8. The number of hydrogen-bond donors (Lipinski definition) is 1. The second-order valence-electron chi connectivity index (χ2n) is 7.51. The average molecular weight is 485 g/mol. The molecule has 1 atom stereocenters. The van der Waals surface area contributed by atoms with Gasteiger partial charge in [0.1, 0.15) is 5.37 Å².